The van der Waals surface area contributed by atoms with Crippen LogP contribution < -0.4 is 10.1 Å². The van der Waals surface area contributed by atoms with Gasteiger partial charge in [0.05, 0.1) is 11.3 Å². The van der Waals surface area contributed by atoms with Crippen LogP contribution in [0.2, 0.25) is 0 Å². The van der Waals surface area contributed by atoms with Gasteiger partial charge in [0.1, 0.15) is 11.5 Å². The molecule has 0 aliphatic heterocycles. The Morgan fingerprint density at radius 3 is 2.38 bits per heavy atom. The molecule has 0 unspecified atom stereocenters. The van der Waals surface area contributed by atoms with Crippen LogP contribution >= 0.6 is 0 Å². The molecule has 0 atom stereocenters. The highest BCUT2D eigenvalue weighted by Gasteiger charge is 2.30. The minimum atomic E-state index is -4.39. The number of hydrogen-bond acceptors (Lipinski definition) is 4. The van der Waals surface area contributed by atoms with Crippen molar-refractivity contribution in [3.63, 3.8) is 0 Å². The molecule has 2 aromatic carbocycles. The Morgan fingerprint density at radius 2 is 1.75 bits per heavy atom. The highest BCUT2D eigenvalue weighted by atomic mass is 19.4. The molecule has 168 valence electrons. The molecule has 8 heteroatoms. The van der Waals surface area contributed by atoms with E-state index in [1.165, 1.54) is 12.1 Å². The summed E-state index contributed by atoms with van der Waals surface area (Å²) < 4.78 is 43.8. The van der Waals surface area contributed by atoms with Gasteiger partial charge in [-0.05, 0) is 69.0 Å². The lowest BCUT2D eigenvalue weighted by molar-refractivity contribution is -0.137. The van der Waals surface area contributed by atoms with E-state index in [9.17, 15) is 18.0 Å². The molecule has 0 radical (unpaired) electrons. The van der Waals surface area contributed by atoms with Gasteiger partial charge in [0.25, 0.3) is 5.91 Å². The maximum Gasteiger partial charge on any atom is 0.416 e. The van der Waals surface area contributed by atoms with Crippen molar-refractivity contribution in [1.29, 1.82) is 0 Å². The van der Waals surface area contributed by atoms with E-state index in [-0.39, 0.29) is 11.7 Å². The highest BCUT2D eigenvalue weighted by molar-refractivity contribution is 5.96. The molecule has 3 aromatic rings. The van der Waals surface area contributed by atoms with Gasteiger partial charge in [0.15, 0.2) is 0 Å². The van der Waals surface area contributed by atoms with Crippen molar-refractivity contribution in [3.05, 3.63) is 77.5 Å². The van der Waals surface area contributed by atoms with Crippen molar-refractivity contribution >= 4 is 5.91 Å². The number of pyridine rings is 1. The number of halogens is 3. The Morgan fingerprint density at radius 1 is 1.03 bits per heavy atom. The molecule has 1 N–H and O–H groups in total. The molecule has 0 saturated carbocycles. The topological polar surface area (TPSA) is 54.5 Å². The van der Waals surface area contributed by atoms with Crippen molar-refractivity contribution < 1.29 is 22.7 Å². The first-order valence-electron chi connectivity index (χ1n) is 9.98. The predicted molar refractivity (Wildman–Crippen MR) is 117 cm³/mol. The maximum absolute atomic E-state index is 12.7. The molecule has 1 amide bonds. The summed E-state index contributed by atoms with van der Waals surface area (Å²) in [6.45, 7) is 3.16. The number of rotatable bonds is 7. The van der Waals surface area contributed by atoms with Gasteiger partial charge in [-0.2, -0.15) is 13.2 Å². The smallest absolute Gasteiger partial charge is 0.416 e. The van der Waals surface area contributed by atoms with Crippen molar-refractivity contribution in [2.75, 3.05) is 27.2 Å². The van der Waals surface area contributed by atoms with E-state index in [0.29, 0.717) is 23.6 Å². The van der Waals surface area contributed by atoms with Gasteiger partial charge in [0.2, 0.25) is 0 Å². The summed E-state index contributed by atoms with van der Waals surface area (Å²) in [5, 5.41) is 2.89. The van der Waals surface area contributed by atoms with Gasteiger partial charge in [-0.15, -0.1) is 0 Å². The number of carbonyl (C=O) groups is 1. The molecule has 1 heterocycles. The molecule has 3 rings (SSSR count). The van der Waals surface area contributed by atoms with Gasteiger partial charge in [0, 0.05) is 36.5 Å². The fraction of sp³-hybridized carbons (Fsp3) is 0.250. The van der Waals surface area contributed by atoms with Crippen molar-refractivity contribution in [2.24, 2.45) is 0 Å². The summed E-state index contributed by atoms with van der Waals surface area (Å²) in [5.41, 5.74) is 2.08. The van der Waals surface area contributed by atoms with Gasteiger partial charge in [-0.3, -0.25) is 9.78 Å². The third-order valence-electron chi connectivity index (χ3n) is 4.76. The molecule has 0 bridgehead atoms. The summed E-state index contributed by atoms with van der Waals surface area (Å²) in [4.78, 5) is 18.7. The summed E-state index contributed by atoms with van der Waals surface area (Å²) in [6, 6.07) is 13.2. The van der Waals surface area contributed by atoms with Crippen LogP contribution in [0.1, 0.15) is 21.5 Å². The lowest BCUT2D eigenvalue weighted by atomic mass is 10.0. The number of nitrogens with zero attached hydrogens (tertiary/aromatic N) is 2. The van der Waals surface area contributed by atoms with E-state index < -0.39 is 11.7 Å². The van der Waals surface area contributed by atoms with E-state index in [1.807, 2.05) is 32.0 Å². The minimum Gasteiger partial charge on any atom is -0.457 e. The number of likely N-dealkylation sites (N-methyl/N-ethyl adjacent to an activating group) is 1. The second-order valence-corrected chi connectivity index (χ2v) is 7.59. The molecule has 0 aliphatic rings. The Bertz CT molecular complexity index is 1080. The fourth-order valence-corrected chi connectivity index (χ4v) is 3.05. The van der Waals surface area contributed by atoms with Crippen molar-refractivity contribution in [3.8, 4) is 22.8 Å². The normalized spacial score (nSPS) is 11.5. The second-order valence-electron chi connectivity index (χ2n) is 7.59. The number of aryl methyl sites for hydroxylation is 1. The summed E-state index contributed by atoms with van der Waals surface area (Å²) >= 11 is 0. The quantitative estimate of drug-likeness (QED) is 0.548. The second kappa shape index (κ2) is 9.82. The Kier molecular flexibility index (Phi) is 7.15. The lowest BCUT2D eigenvalue weighted by Gasteiger charge is -2.12. The summed E-state index contributed by atoms with van der Waals surface area (Å²) in [5.74, 6) is 0.595. The van der Waals surface area contributed by atoms with Crippen LogP contribution in [0.15, 0.2) is 60.8 Å². The van der Waals surface area contributed by atoms with Crippen LogP contribution in [0, 0.1) is 6.92 Å². The first kappa shape index (κ1) is 23.3. The fourth-order valence-electron chi connectivity index (χ4n) is 3.05. The Balaban J connectivity index is 1.73. The number of benzene rings is 2. The molecular weight excluding hydrogens is 419 g/mol. The molecule has 0 spiro atoms. The van der Waals surface area contributed by atoms with Crippen LogP contribution in [-0.4, -0.2) is 43.0 Å². The monoisotopic (exact) mass is 443 g/mol. The zero-order valence-electron chi connectivity index (χ0n) is 18.0. The van der Waals surface area contributed by atoms with Crippen LogP contribution in [0.3, 0.4) is 0 Å². The number of carbonyl (C=O) groups excluding carboxylic acids is 1. The van der Waals surface area contributed by atoms with Gasteiger partial charge in [-0.1, -0.05) is 6.07 Å². The predicted octanol–water partition coefficient (Wildman–Crippen LogP) is 5.16. The first-order chi connectivity index (χ1) is 15.1. The largest absolute Gasteiger partial charge is 0.457 e. The molecule has 32 heavy (non-hydrogen) atoms. The minimum absolute atomic E-state index is 0.136. The van der Waals surface area contributed by atoms with E-state index in [4.69, 9.17) is 4.74 Å². The standard InChI is InChI=1S/C24H24F3N3O2/c1-16-14-17(4-9-21(16)23(31)29-12-13-30(2)3)22-15-20(10-11-28-22)32-19-7-5-18(6-8-19)24(25,26)27/h4-11,14-15H,12-13H2,1-3H3,(H,29,31). The average molecular weight is 443 g/mol. The van der Waals surface area contributed by atoms with Crippen LogP contribution in [0.4, 0.5) is 13.2 Å². The third-order valence-corrected chi connectivity index (χ3v) is 4.76. The highest BCUT2D eigenvalue weighted by Crippen LogP contribution is 2.32. The number of hydrogen-bond donors (Lipinski definition) is 1. The molecule has 0 aliphatic carbocycles. The van der Waals surface area contributed by atoms with Crippen molar-refractivity contribution in [1.82, 2.24) is 15.2 Å². The average Bonchev–Trinajstić information content (AvgIpc) is 2.73. The van der Waals surface area contributed by atoms with E-state index in [1.54, 1.807) is 30.5 Å². The zero-order chi connectivity index (χ0) is 23.3. The van der Waals surface area contributed by atoms with Crippen LogP contribution in [-0.2, 0) is 6.18 Å². The number of alkyl halides is 3. The van der Waals surface area contributed by atoms with Gasteiger partial charge in [-0.25, -0.2) is 0 Å². The Hall–Kier alpha value is -3.39. The summed E-state index contributed by atoms with van der Waals surface area (Å²) in [7, 11) is 3.88. The van der Waals surface area contributed by atoms with Gasteiger partial charge >= 0.3 is 6.18 Å². The molecule has 0 saturated heterocycles. The van der Waals surface area contributed by atoms with E-state index in [0.717, 1.165) is 29.8 Å². The molecule has 0 fully saturated rings. The Labute approximate surface area is 184 Å². The zero-order valence-corrected chi connectivity index (χ0v) is 18.0. The van der Waals surface area contributed by atoms with Crippen molar-refractivity contribution in [2.45, 2.75) is 13.1 Å². The van der Waals surface area contributed by atoms with E-state index in [2.05, 4.69) is 10.3 Å². The van der Waals surface area contributed by atoms with E-state index >= 15 is 0 Å². The SMILES string of the molecule is Cc1cc(-c2cc(Oc3ccc(C(F)(F)F)cc3)ccn2)ccc1C(=O)NCCN(C)C. The van der Waals surface area contributed by atoms with Crippen LogP contribution in [0.25, 0.3) is 11.3 Å². The third kappa shape index (κ3) is 6.07. The number of nitrogens with one attached hydrogen (secondary N) is 1. The number of amides is 1. The number of ether oxygens (including phenoxy) is 1. The molecule has 5 nitrogen and oxygen atoms in total. The maximum atomic E-state index is 12.7. The lowest BCUT2D eigenvalue weighted by Crippen LogP contribution is -2.31. The summed E-state index contributed by atoms with van der Waals surface area (Å²) in [6.07, 6.45) is -2.83. The number of aromatic nitrogens is 1. The molecule has 1 aromatic heterocycles. The molecular formula is C24H24F3N3O2. The first-order valence-corrected chi connectivity index (χ1v) is 9.98. The van der Waals surface area contributed by atoms with Gasteiger partial charge < -0.3 is 15.0 Å². The van der Waals surface area contributed by atoms with Crippen LogP contribution in [0.5, 0.6) is 11.5 Å².